The maximum absolute atomic E-state index is 8.93. The van der Waals surface area contributed by atoms with Crippen LogP contribution in [0.2, 0.25) is 0 Å². The van der Waals surface area contributed by atoms with Crippen molar-refractivity contribution in [1.29, 1.82) is 10.5 Å². The average Bonchev–Trinajstić information content (AvgIpc) is 2.43. The summed E-state index contributed by atoms with van der Waals surface area (Å²) in [5, 5.41) is 20.7. The SMILES string of the molecule is CCN1CCO[C@H](CNC[C@@H](C#N)CCC#N)C1. The molecule has 1 aliphatic rings. The lowest BCUT2D eigenvalue weighted by Gasteiger charge is -2.32. The molecule has 1 heterocycles. The summed E-state index contributed by atoms with van der Waals surface area (Å²) in [5.74, 6) is -0.0736. The third-order valence-corrected chi connectivity index (χ3v) is 3.22. The lowest BCUT2D eigenvalue weighted by molar-refractivity contribution is -0.0253. The predicted molar refractivity (Wildman–Crippen MR) is 68.7 cm³/mol. The van der Waals surface area contributed by atoms with Crippen LogP contribution in [0.5, 0.6) is 0 Å². The molecule has 0 saturated carbocycles. The van der Waals surface area contributed by atoms with Gasteiger partial charge in [-0.05, 0) is 13.0 Å². The van der Waals surface area contributed by atoms with Gasteiger partial charge in [0, 0.05) is 32.6 Å². The molecule has 5 heteroatoms. The average molecular weight is 250 g/mol. The van der Waals surface area contributed by atoms with E-state index in [1.165, 1.54) is 0 Å². The molecule has 1 rings (SSSR count). The van der Waals surface area contributed by atoms with Gasteiger partial charge in [0.25, 0.3) is 0 Å². The van der Waals surface area contributed by atoms with E-state index in [9.17, 15) is 0 Å². The molecular weight excluding hydrogens is 228 g/mol. The first-order chi connectivity index (χ1) is 8.80. The van der Waals surface area contributed by atoms with Crippen LogP contribution in [-0.4, -0.2) is 50.3 Å². The van der Waals surface area contributed by atoms with Crippen molar-refractivity contribution >= 4 is 0 Å². The molecule has 100 valence electrons. The molecule has 1 aliphatic heterocycles. The molecule has 0 bridgehead atoms. The second-order valence-electron chi connectivity index (χ2n) is 4.57. The van der Waals surface area contributed by atoms with Gasteiger partial charge in [0.1, 0.15) is 0 Å². The number of morpholine rings is 1. The fourth-order valence-corrected chi connectivity index (χ4v) is 2.06. The maximum atomic E-state index is 8.93. The molecule has 1 fully saturated rings. The zero-order chi connectivity index (χ0) is 13.2. The highest BCUT2D eigenvalue weighted by molar-refractivity contribution is 4.87. The van der Waals surface area contributed by atoms with Gasteiger partial charge in [0.05, 0.1) is 30.8 Å². The van der Waals surface area contributed by atoms with Gasteiger partial charge in [-0.1, -0.05) is 6.92 Å². The number of hydrogen-bond acceptors (Lipinski definition) is 5. The monoisotopic (exact) mass is 250 g/mol. The van der Waals surface area contributed by atoms with Crippen LogP contribution in [0.1, 0.15) is 19.8 Å². The van der Waals surface area contributed by atoms with Crippen LogP contribution in [0.4, 0.5) is 0 Å². The Labute approximate surface area is 109 Å². The Balaban J connectivity index is 2.16. The van der Waals surface area contributed by atoms with Crippen LogP contribution >= 0.6 is 0 Å². The fourth-order valence-electron chi connectivity index (χ4n) is 2.06. The number of hydrogen-bond donors (Lipinski definition) is 1. The number of nitrogens with zero attached hydrogens (tertiary/aromatic N) is 3. The van der Waals surface area contributed by atoms with E-state index in [1.54, 1.807) is 0 Å². The van der Waals surface area contributed by atoms with Crippen molar-refractivity contribution < 1.29 is 4.74 Å². The fraction of sp³-hybridized carbons (Fsp3) is 0.846. The predicted octanol–water partition coefficient (Wildman–Crippen LogP) is 0.740. The number of ether oxygens (including phenoxy) is 1. The van der Waals surface area contributed by atoms with Crippen molar-refractivity contribution in [3.8, 4) is 12.1 Å². The molecule has 0 radical (unpaired) electrons. The topological polar surface area (TPSA) is 72.1 Å². The summed E-state index contributed by atoms with van der Waals surface area (Å²) in [7, 11) is 0. The lowest BCUT2D eigenvalue weighted by atomic mass is 10.1. The van der Waals surface area contributed by atoms with Crippen LogP contribution in [-0.2, 0) is 4.74 Å². The van der Waals surface area contributed by atoms with E-state index in [0.29, 0.717) is 19.4 Å². The van der Waals surface area contributed by atoms with E-state index >= 15 is 0 Å². The lowest BCUT2D eigenvalue weighted by Crippen LogP contribution is -2.46. The van der Waals surface area contributed by atoms with E-state index in [0.717, 1.165) is 32.8 Å². The van der Waals surface area contributed by atoms with Gasteiger partial charge in [-0.2, -0.15) is 10.5 Å². The van der Waals surface area contributed by atoms with Crippen LogP contribution < -0.4 is 5.32 Å². The number of nitriles is 2. The van der Waals surface area contributed by atoms with Crippen molar-refractivity contribution in [3.05, 3.63) is 0 Å². The summed E-state index contributed by atoms with van der Waals surface area (Å²) in [6, 6.07) is 4.31. The number of nitrogens with one attached hydrogen (secondary N) is 1. The third kappa shape index (κ3) is 5.46. The second kappa shape index (κ2) is 8.88. The Kier molecular flexibility index (Phi) is 7.36. The standard InChI is InChI=1S/C13H22N4O/c1-2-17-6-7-18-13(11-17)10-16-9-12(8-15)4-3-5-14/h12-13,16H,2-4,6-7,9-11H2,1H3/t12-,13-/m1/s1. The summed E-state index contributed by atoms with van der Waals surface area (Å²) in [5.41, 5.74) is 0. The largest absolute Gasteiger partial charge is 0.374 e. The summed E-state index contributed by atoms with van der Waals surface area (Å²) < 4.78 is 5.67. The molecule has 1 saturated heterocycles. The Bertz CT molecular complexity index is 307. The molecule has 0 aliphatic carbocycles. The van der Waals surface area contributed by atoms with Gasteiger partial charge >= 0.3 is 0 Å². The summed E-state index contributed by atoms with van der Waals surface area (Å²) >= 11 is 0. The Morgan fingerprint density at radius 1 is 1.50 bits per heavy atom. The Morgan fingerprint density at radius 3 is 3.00 bits per heavy atom. The second-order valence-corrected chi connectivity index (χ2v) is 4.57. The van der Waals surface area contributed by atoms with E-state index in [1.807, 2.05) is 0 Å². The number of rotatable bonds is 7. The normalized spacial score (nSPS) is 22.1. The highest BCUT2D eigenvalue weighted by Gasteiger charge is 2.19. The molecule has 0 aromatic heterocycles. The minimum Gasteiger partial charge on any atom is -0.374 e. The Hall–Kier alpha value is -1.14. The van der Waals surface area contributed by atoms with Gasteiger partial charge in [-0.3, -0.25) is 4.90 Å². The van der Waals surface area contributed by atoms with Gasteiger partial charge in [-0.15, -0.1) is 0 Å². The third-order valence-electron chi connectivity index (χ3n) is 3.22. The van der Waals surface area contributed by atoms with Gasteiger partial charge < -0.3 is 10.1 Å². The molecule has 0 aromatic rings. The van der Waals surface area contributed by atoms with Crippen molar-refractivity contribution in [2.24, 2.45) is 5.92 Å². The highest BCUT2D eigenvalue weighted by Crippen LogP contribution is 2.05. The van der Waals surface area contributed by atoms with E-state index in [-0.39, 0.29) is 12.0 Å². The van der Waals surface area contributed by atoms with E-state index in [2.05, 4.69) is 29.3 Å². The van der Waals surface area contributed by atoms with Crippen LogP contribution in [0, 0.1) is 28.6 Å². The minimum atomic E-state index is -0.0736. The first kappa shape index (κ1) is 14.9. The van der Waals surface area contributed by atoms with Crippen molar-refractivity contribution in [3.63, 3.8) is 0 Å². The summed E-state index contributed by atoms with van der Waals surface area (Å²) in [6.07, 6.45) is 1.31. The van der Waals surface area contributed by atoms with Crippen molar-refractivity contribution in [2.75, 3.05) is 39.3 Å². The molecule has 18 heavy (non-hydrogen) atoms. The summed E-state index contributed by atoms with van der Waals surface area (Å²) in [4.78, 5) is 2.37. The van der Waals surface area contributed by atoms with E-state index < -0.39 is 0 Å². The quantitative estimate of drug-likeness (QED) is 0.721. The zero-order valence-electron chi connectivity index (χ0n) is 11.1. The zero-order valence-corrected chi connectivity index (χ0v) is 11.1. The molecule has 0 aromatic carbocycles. The van der Waals surface area contributed by atoms with Crippen molar-refractivity contribution in [1.82, 2.24) is 10.2 Å². The first-order valence-electron chi connectivity index (χ1n) is 6.61. The first-order valence-corrected chi connectivity index (χ1v) is 6.61. The van der Waals surface area contributed by atoms with Crippen LogP contribution in [0.3, 0.4) is 0 Å². The molecule has 1 N–H and O–H groups in total. The van der Waals surface area contributed by atoms with E-state index in [4.69, 9.17) is 15.3 Å². The van der Waals surface area contributed by atoms with Gasteiger partial charge in [0.15, 0.2) is 0 Å². The molecule has 0 spiro atoms. The molecule has 2 atom stereocenters. The summed E-state index contributed by atoms with van der Waals surface area (Å²) in [6.45, 7) is 7.39. The van der Waals surface area contributed by atoms with Gasteiger partial charge in [-0.25, -0.2) is 0 Å². The smallest absolute Gasteiger partial charge is 0.0826 e. The number of likely N-dealkylation sites (N-methyl/N-ethyl adjacent to an activating group) is 1. The Morgan fingerprint density at radius 2 is 2.33 bits per heavy atom. The molecule has 0 unspecified atom stereocenters. The van der Waals surface area contributed by atoms with Crippen LogP contribution in [0.15, 0.2) is 0 Å². The van der Waals surface area contributed by atoms with Gasteiger partial charge in [0.2, 0.25) is 0 Å². The highest BCUT2D eigenvalue weighted by atomic mass is 16.5. The molecular formula is C13H22N4O. The minimum absolute atomic E-state index is 0.0736. The maximum Gasteiger partial charge on any atom is 0.0826 e. The molecule has 0 amide bonds. The molecule has 5 nitrogen and oxygen atoms in total. The van der Waals surface area contributed by atoms with Crippen molar-refractivity contribution in [2.45, 2.75) is 25.9 Å². The van der Waals surface area contributed by atoms with Crippen LogP contribution in [0.25, 0.3) is 0 Å².